The number of methoxy groups -OCH3 is 1. The van der Waals surface area contributed by atoms with E-state index in [-0.39, 0.29) is 29.9 Å². The minimum Gasteiger partial charge on any atom is -0.481 e. The summed E-state index contributed by atoms with van der Waals surface area (Å²) in [5.74, 6) is -1.45. The van der Waals surface area contributed by atoms with Gasteiger partial charge in [0.25, 0.3) is 0 Å². The standard InChI is InChI=1S/C12H19NO4/c1-12(2)8(5-9(12)17-3)13-6-7(11(15)16)4-10(13)14/h7-9H,4-6H2,1-3H3,(H,15,16). The lowest BCUT2D eigenvalue weighted by molar-refractivity contribution is -0.156. The lowest BCUT2D eigenvalue weighted by Gasteiger charge is -2.54. The molecule has 1 saturated heterocycles. The highest BCUT2D eigenvalue weighted by Crippen LogP contribution is 2.47. The zero-order valence-corrected chi connectivity index (χ0v) is 10.5. The molecule has 1 amide bonds. The molecule has 0 aromatic rings. The van der Waals surface area contributed by atoms with Crippen LogP contribution in [0.5, 0.6) is 0 Å². The molecule has 1 heterocycles. The van der Waals surface area contributed by atoms with Gasteiger partial charge in [-0.3, -0.25) is 9.59 Å². The second-order valence-electron chi connectivity index (χ2n) is 5.58. The Morgan fingerprint density at radius 2 is 2.18 bits per heavy atom. The fourth-order valence-corrected chi connectivity index (χ4v) is 2.99. The van der Waals surface area contributed by atoms with E-state index in [0.717, 1.165) is 6.42 Å². The average molecular weight is 241 g/mol. The first kappa shape index (κ1) is 12.4. The van der Waals surface area contributed by atoms with Crippen molar-refractivity contribution in [2.24, 2.45) is 11.3 Å². The van der Waals surface area contributed by atoms with Crippen LogP contribution < -0.4 is 0 Å². The summed E-state index contributed by atoms with van der Waals surface area (Å²) in [6.45, 7) is 4.48. The molecule has 1 aliphatic carbocycles. The van der Waals surface area contributed by atoms with E-state index in [1.807, 2.05) is 0 Å². The van der Waals surface area contributed by atoms with E-state index in [1.54, 1.807) is 12.0 Å². The normalized spacial score (nSPS) is 35.8. The van der Waals surface area contributed by atoms with Crippen LogP contribution in [0.2, 0.25) is 0 Å². The number of rotatable bonds is 3. The van der Waals surface area contributed by atoms with E-state index >= 15 is 0 Å². The van der Waals surface area contributed by atoms with Crippen molar-refractivity contribution < 1.29 is 19.4 Å². The van der Waals surface area contributed by atoms with Gasteiger partial charge in [-0.15, -0.1) is 0 Å². The molecule has 0 bridgehead atoms. The largest absolute Gasteiger partial charge is 0.481 e. The summed E-state index contributed by atoms with van der Waals surface area (Å²) in [5, 5.41) is 8.95. The fourth-order valence-electron chi connectivity index (χ4n) is 2.99. The number of carboxylic acid groups (broad SMARTS) is 1. The quantitative estimate of drug-likeness (QED) is 0.791. The van der Waals surface area contributed by atoms with Crippen molar-refractivity contribution >= 4 is 11.9 Å². The van der Waals surface area contributed by atoms with Crippen LogP contribution in [-0.2, 0) is 14.3 Å². The number of likely N-dealkylation sites (tertiary alicyclic amines) is 1. The predicted octanol–water partition coefficient (Wildman–Crippen LogP) is 0.733. The zero-order valence-electron chi connectivity index (χ0n) is 10.5. The van der Waals surface area contributed by atoms with E-state index < -0.39 is 11.9 Å². The molecular formula is C12H19NO4. The van der Waals surface area contributed by atoms with Crippen molar-refractivity contribution in [1.29, 1.82) is 0 Å². The summed E-state index contributed by atoms with van der Waals surface area (Å²) < 4.78 is 5.35. The Balaban J connectivity index is 2.06. The third kappa shape index (κ3) is 1.82. The number of hydrogen-bond donors (Lipinski definition) is 1. The molecule has 17 heavy (non-hydrogen) atoms. The summed E-state index contributed by atoms with van der Waals surface area (Å²) in [6.07, 6.45) is 1.10. The van der Waals surface area contributed by atoms with Gasteiger partial charge in [-0.2, -0.15) is 0 Å². The van der Waals surface area contributed by atoms with Crippen LogP contribution in [0.15, 0.2) is 0 Å². The van der Waals surface area contributed by atoms with Gasteiger partial charge in [-0.25, -0.2) is 0 Å². The highest BCUT2D eigenvalue weighted by Gasteiger charge is 2.54. The highest BCUT2D eigenvalue weighted by molar-refractivity contribution is 5.86. The van der Waals surface area contributed by atoms with Crippen LogP contribution >= 0.6 is 0 Å². The lowest BCUT2D eigenvalue weighted by Crippen LogP contribution is -2.62. The molecule has 1 saturated carbocycles. The molecule has 5 nitrogen and oxygen atoms in total. The summed E-state index contributed by atoms with van der Waals surface area (Å²) >= 11 is 0. The number of nitrogens with zero attached hydrogens (tertiary/aromatic N) is 1. The third-order valence-electron chi connectivity index (χ3n) is 4.29. The molecule has 0 spiro atoms. The van der Waals surface area contributed by atoms with Crippen molar-refractivity contribution in [3.8, 4) is 0 Å². The van der Waals surface area contributed by atoms with E-state index in [4.69, 9.17) is 9.84 Å². The first-order chi connectivity index (χ1) is 7.87. The smallest absolute Gasteiger partial charge is 0.308 e. The van der Waals surface area contributed by atoms with Gasteiger partial charge in [-0.1, -0.05) is 13.8 Å². The molecule has 0 radical (unpaired) electrons. The number of hydrogen-bond acceptors (Lipinski definition) is 3. The minimum absolute atomic E-state index is 0.0370. The van der Waals surface area contributed by atoms with E-state index in [2.05, 4.69) is 13.8 Å². The fraction of sp³-hybridized carbons (Fsp3) is 0.833. The Morgan fingerprint density at radius 3 is 2.59 bits per heavy atom. The zero-order chi connectivity index (χ0) is 12.8. The molecule has 3 atom stereocenters. The van der Waals surface area contributed by atoms with Crippen molar-refractivity contribution in [3.63, 3.8) is 0 Å². The maximum Gasteiger partial charge on any atom is 0.308 e. The van der Waals surface area contributed by atoms with Crippen molar-refractivity contribution in [2.75, 3.05) is 13.7 Å². The topological polar surface area (TPSA) is 66.8 Å². The van der Waals surface area contributed by atoms with Crippen LogP contribution in [-0.4, -0.2) is 47.7 Å². The van der Waals surface area contributed by atoms with Crippen molar-refractivity contribution in [2.45, 2.75) is 38.8 Å². The monoisotopic (exact) mass is 241 g/mol. The predicted molar refractivity (Wildman–Crippen MR) is 60.4 cm³/mol. The molecule has 2 fully saturated rings. The Bertz CT molecular complexity index is 352. The van der Waals surface area contributed by atoms with Gasteiger partial charge >= 0.3 is 5.97 Å². The summed E-state index contributed by atoms with van der Waals surface area (Å²) in [4.78, 5) is 24.5. The van der Waals surface area contributed by atoms with Crippen LogP contribution in [0, 0.1) is 11.3 Å². The number of carbonyl (C=O) groups is 2. The molecule has 1 aliphatic heterocycles. The highest BCUT2D eigenvalue weighted by atomic mass is 16.5. The average Bonchev–Trinajstić information content (AvgIpc) is 2.60. The number of amides is 1. The van der Waals surface area contributed by atoms with Crippen LogP contribution in [0.1, 0.15) is 26.7 Å². The van der Waals surface area contributed by atoms with E-state index in [9.17, 15) is 9.59 Å². The second kappa shape index (κ2) is 3.98. The van der Waals surface area contributed by atoms with Crippen molar-refractivity contribution in [3.05, 3.63) is 0 Å². The molecule has 96 valence electrons. The third-order valence-corrected chi connectivity index (χ3v) is 4.29. The van der Waals surface area contributed by atoms with Gasteiger partial charge in [0.15, 0.2) is 0 Å². The van der Waals surface area contributed by atoms with Crippen LogP contribution in [0.3, 0.4) is 0 Å². The molecule has 2 rings (SSSR count). The number of carbonyl (C=O) groups excluding carboxylic acids is 1. The summed E-state index contributed by atoms with van der Waals surface area (Å²) in [7, 11) is 1.68. The molecule has 0 aromatic carbocycles. The van der Waals surface area contributed by atoms with Gasteiger partial charge in [-0.05, 0) is 6.42 Å². The van der Waals surface area contributed by atoms with Crippen molar-refractivity contribution in [1.82, 2.24) is 4.90 Å². The molecular weight excluding hydrogens is 222 g/mol. The Morgan fingerprint density at radius 1 is 1.53 bits per heavy atom. The molecule has 5 heteroatoms. The Labute approximate surface area is 101 Å². The van der Waals surface area contributed by atoms with Gasteiger partial charge in [0.2, 0.25) is 5.91 Å². The van der Waals surface area contributed by atoms with E-state index in [0.29, 0.717) is 6.54 Å². The Kier molecular flexibility index (Phi) is 2.89. The van der Waals surface area contributed by atoms with Gasteiger partial charge in [0.1, 0.15) is 0 Å². The maximum atomic E-state index is 11.8. The van der Waals surface area contributed by atoms with Crippen LogP contribution in [0.25, 0.3) is 0 Å². The summed E-state index contributed by atoms with van der Waals surface area (Å²) in [5.41, 5.74) is -0.0855. The van der Waals surface area contributed by atoms with Gasteiger partial charge < -0.3 is 14.7 Å². The Hall–Kier alpha value is -1.10. The first-order valence-corrected chi connectivity index (χ1v) is 5.93. The summed E-state index contributed by atoms with van der Waals surface area (Å²) in [6, 6.07) is 0.115. The molecule has 2 aliphatic rings. The first-order valence-electron chi connectivity index (χ1n) is 5.93. The molecule has 1 N–H and O–H groups in total. The number of aliphatic carboxylic acids is 1. The molecule has 0 aromatic heterocycles. The number of ether oxygens (including phenoxy) is 1. The van der Waals surface area contributed by atoms with Gasteiger partial charge in [0.05, 0.1) is 12.0 Å². The lowest BCUT2D eigenvalue weighted by atomic mass is 9.64. The van der Waals surface area contributed by atoms with Gasteiger partial charge in [0, 0.05) is 31.5 Å². The number of carboxylic acids is 1. The molecule has 3 unspecified atom stereocenters. The maximum absolute atomic E-state index is 11.8. The second-order valence-corrected chi connectivity index (χ2v) is 5.58. The van der Waals surface area contributed by atoms with E-state index in [1.165, 1.54) is 0 Å². The minimum atomic E-state index is -0.874. The SMILES string of the molecule is COC1CC(N2CC(C(=O)O)CC2=O)C1(C)C. The van der Waals surface area contributed by atoms with Crippen LogP contribution in [0.4, 0.5) is 0 Å².